The van der Waals surface area contributed by atoms with E-state index in [-0.39, 0.29) is 28.6 Å². The number of anilines is 1. The van der Waals surface area contributed by atoms with Crippen LogP contribution >= 0.6 is 0 Å². The lowest BCUT2D eigenvalue weighted by molar-refractivity contribution is -0.114. The average Bonchev–Trinajstić information content (AvgIpc) is 2.98. The molecule has 0 fully saturated rings. The Bertz CT molecular complexity index is 1200. The summed E-state index contributed by atoms with van der Waals surface area (Å²) in [6.07, 6.45) is 1.40. The Morgan fingerprint density at radius 1 is 1.21 bits per heavy atom. The minimum atomic E-state index is -4.08. The molecule has 0 radical (unpaired) electrons. The molecule has 0 saturated carbocycles. The van der Waals surface area contributed by atoms with Gasteiger partial charge in [-0.25, -0.2) is 13.2 Å². The fraction of sp³-hybridized carbons (Fsp3) is 0.348. The van der Waals surface area contributed by atoms with E-state index < -0.39 is 27.8 Å². The predicted molar refractivity (Wildman–Crippen MR) is 125 cm³/mol. The van der Waals surface area contributed by atoms with Crippen LogP contribution in [0, 0.1) is 13.8 Å². The number of hydrogen-bond donors (Lipinski definition) is 1. The van der Waals surface area contributed by atoms with E-state index in [1.54, 1.807) is 25.5 Å². The van der Waals surface area contributed by atoms with E-state index in [1.165, 1.54) is 51.3 Å². The largest absolute Gasteiger partial charge is 0.464 e. The Labute approximate surface area is 194 Å². The number of methoxy groups -OCH3 is 1. The first-order chi connectivity index (χ1) is 15.4. The average molecular weight is 476 g/mol. The van der Waals surface area contributed by atoms with Crippen molar-refractivity contribution in [1.29, 1.82) is 0 Å². The number of nitrogens with zero attached hydrogens (tertiary/aromatic N) is 2. The summed E-state index contributed by atoms with van der Waals surface area (Å²) in [7, 11) is -1.18. The number of ketones is 1. The number of benzene rings is 1. The molecule has 0 aliphatic rings. The highest BCUT2D eigenvalue weighted by molar-refractivity contribution is 7.89. The van der Waals surface area contributed by atoms with Crippen LogP contribution in [0.3, 0.4) is 0 Å². The number of esters is 1. The number of sulfonamides is 1. The van der Waals surface area contributed by atoms with Crippen LogP contribution < -0.4 is 5.32 Å². The van der Waals surface area contributed by atoms with E-state index in [2.05, 4.69) is 11.9 Å². The van der Waals surface area contributed by atoms with Crippen molar-refractivity contribution in [1.82, 2.24) is 8.87 Å². The van der Waals surface area contributed by atoms with Gasteiger partial charge in [0.05, 0.1) is 18.0 Å². The molecule has 2 aromatic rings. The third-order valence-electron chi connectivity index (χ3n) is 5.46. The summed E-state index contributed by atoms with van der Waals surface area (Å²) in [6, 6.07) is 4.60. The monoisotopic (exact) mass is 475 g/mol. The second-order valence-electron chi connectivity index (χ2n) is 7.59. The summed E-state index contributed by atoms with van der Waals surface area (Å²) in [5.74, 6) is -1.31. The molecule has 10 heteroatoms. The molecule has 1 aromatic heterocycles. The molecule has 0 aliphatic carbocycles. The maximum absolute atomic E-state index is 13.5. The Kier molecular flexibility index (Phi) is 7.99. The van der Waals surface area contributed by atoms with Crippen molar-refractivity contribution in [2.75, 3.05) is 19.0 Å². The molecule has 0 bridgehead atoms. The lowest BCUT2D eigenvalue weighted by Crippen LogP contribution is -2.43. The van der Waals surface area contributed by atoms with Gasteiger partial charge in [-0.1, -0.05) is 6.08 Å². The van der Waals surface area contributed by atoms with Crippen molar-refractivity contribution in [3.05, 3.63) is 59.4 Å². The normalized spacial score (nSPS) is 12.3. The Morgan fingerprint density at radius 3 is 2.27 bits per heavy atom. The van der Waals surface area contributed by atoms with Gasteiger partial charge >= 0.3 is 5.97 Å². The van der Waals surface area contributed by atoms with Crippen LogP contribution in [0.4, 0.5) is 5.69 Å². The second kappa shape index (κ2) is 10.1. The summed E-state index contributed by atoms with van der Waals surface area (Å²) >= 11 is 0. The van der Waals surface area contributed by atoms with Crippen LogP contribution in [-0.2, 0) is 26.6 Å². The number of aromatic nitrogens is 1. The molecule has 0 saturated heterocycles. The highest BCUT2D eigenvalue weighted by Gasteiger charge is 2.35. The molecule has 1 atom stereocenters. The Balaban J connectivity index is 2.49. The molecule has 178 valence electrons. The molecule has 0 aliphatic heterocycles. The van der Waals surface area contributed by atoms with E-state index in [0.717, 1.165) is 4.31 Å². The van der Waals surface area contributed by atoms with Crippen molar-refractivity contribution < 1.29 is 27.5 Å². The van der Waals surface area contributed by atoms with E-state index in [9.17, 15) is 22.8 Å². The zero-order valence-corrected chi connectivity index (χ0v) is 20.4. The molecular weight excluding hydrogens is 446 g/mol. The number of amides is 1. The van der Waals surface area contributed by atoms with E-state index >= 15 is 0 Å². The maximum Gasteiger partial charge on any atom is 0.354 e. The van der Waals surface area contributed by atoms with Crippen molar-refractivity contribution >= 4 is 33.4 Å². The molecule has 1 amide bonds. The number of carbonyl (C=O) groups excluding carboxylic acids is 3. The molecular formula is C23H29N3O6S. The number of nitrogens with one attached hydrogen (secondary N) is 1. The van der Waals surface area contributed by atoms with Crippen LogP contribution in [0.15, 0.2) is 41.8 Å². The molecule has 9 nitrogen and oxygen atoms in total. The zero-order chi connectivity index (χ0) is 25.1. The Morgan fingerprint density at radius 2 is 1.79 bits per heavy atom. The lowest BCUT2D eigenvalue weighted by Gasteiger charge is -2.27. The molecule has 0 spiro atoms. The number of carbonyl (C=O) groups is 3. The van der Waals surface area contributed by atoms with Crippen molar-refractivity contribution in [2.45, 2.75) is 38.6 Å². The molecule has 1 unspecified atom stereocenters. The molecule has 33 heavy (non-hydrogen) atoms. The van der Waals surface area contributed by atoms with Gasteiger partial charge in [-0.05, 0) is 50.6 Å². The van der Waals surface area contributed by atoms with Crippen LogP contribution in [0.2, 0.25) is 0 Å². The summed E-state index contributed by atoms with van der Waals surface area (Å²) in [5, 5.41) is 2.58. The highest BCUT2D eigenvalue weighted by Crippen LogP contribution is 2.27. The Hall–Kier alpha value is -3.24. The van der Waals surface area contributed by atoms with Crippen molar-refractivity contribution in [3.63, 3.8) is 0 Å². The second-order valence-corrected chi connectivity index (χ2v) is 9.48. The first kappa shape index (κ1) is 26.0. The molecule has 1 aromatic carbocycles. The van der Waals surface area contributed by atoms with E-state index in [4.69, 9.17) is 4.74 Å². The SMILES string of the molecule is C=CCN(C(C)C(=O)c1c(C)c(C(=O)OC)n(C)c1C)S(=O)(=O)c1ccc(NC(C)=O)cc1. The van der Waals surface area contributed by atoms with Gasteiger partial charge in [0.25, 0.3) is 0 Å². The molecule has 1 heterocycles. The van der Waals surface area contributed by atoms with Gasteiger partial charge in [0.1, 0.15) is 5.69 Å². The van der Waals surface area contributed by atoms with Gasteiger partial charge in [0.15, 0.2) is 5.78 Å². The van der Waals surface area contributed by atoms with Gasteiger partial charge in [-0.15, -0.1) is 6.58 Å². The summed E-state index contributed by atoms with van der Waals surface area (Å²) < 4.78 is 34.2. The number of Topliss-reactive ketones (excluding diaryl/α,β-unsaturated/α-hetero) is 1. The summed E-state index contributed by atoms with van der Waals surface area (Å²) in [5.41, 5.74) is 1.91. The summed E-state index contributed by atoms with van der Waals surface area (Å²) in [6.45, 7) is 9.69. The lowest BCUT2D eigenvalue weighted by atomic mass is 10.0. The standard InChI is InChI=1S/C23H29N3O6S/c1-8-13-26(33(30,31)19-11-9-18(10-12-19)24-17(5)27)16(4)22(28)20-14(2)21(23(29)32-7)25(6)15(20)3/h8-12,16H,1,13H2,2-7H3,(H,24,27). The van der Waals surface area contributed by atoms with Crippen LogP contribution in [-0.4, -0.2) is 54.6 Å². The van der Waals surface area contributed by atoms with Crippen LogP contribution in [0.5, 0.6) is 0 Å². The van der Waals surface area contributed by atoms with Gasteiger partial charge < -0.3 is 14.6 Å². The van der Waals surface area contributed by atoms with Crippen LogP contribution in [0.25, 0.3) is 0 Å². The van der Waals surface area contributed by atoms with Gasteiger partial charge in [-0.3, -0.25) is 9.59 Å². The quantitative estimate of drug-likeness (QED) is 0.339. The molecule has 2 rings (SSSR count). The first-order valence-corrected chi connectivity index (χ1v) is 11.6. The highest BCUT2D eigenvalue weighted by atomic mass is 32.2. The maximum atomic E-state index is 13.5. The summed E-state index contributed by atoms with van der Waals surface area (Å²) in [4.78, 5) is 36.8. The first-order valence-electron chi connectivity index (χ1n) is 10.2. The van der Waals surface area contributed by atoms with Crippen molar-refractivity contribution in [2.24, 2.45) is 7.05 Å². The van der Waals surface area contributed by atoms with Gasteiger partial charge in [0, 0.05) is 37.5 Å². The van der Waals surface area contributed by atoms with Crippen molar-refractivity contribution in [3.8, 4) is 0 Å². The third-order valence-corrected chi connectivity index (χ3v) is 7.41. The fourth-order valence-corrected chi connectivity index (χ4v) is 5.27. The zero-order valence-electron chi connectivity index (χ0n) is 19.6. The van der Waals surface area contributed by atoms with Crippen LogP contribution in [0.1, 0.15) is 46.0 Å². The third kappa shape index (κ3) is 5.07. The predicted octanol–water partition coefficient (Wildman–Crippen LogP) is 2.84. The topological polar surface area (TPSA) is 115 Å². The minimum Gasteiger partial charge on any atom is -0.464 e. The van der Waals surface area contributed by atoms with Gasteiger partial charge in [-0.2, -0.15) is 4.31 Å². The van der Waals surface area contributed by atoms with E-state index in [1.807, 2.05) is 0 Å². The number of ether oxygens (including phenoxy) is 1. The van der Waals surface area contributed by atoms with Gasteiger partial charge in [0.2, 0.25) is 15.9 Å². The number of rotatable bonds is 9. The number of hydrogen-bond acceptors (Lipinski definition) is 6. The molecule has 1 N–H and O–H groups in total. The minimum absolute atomic E-state index is 0.0325. The van der Waals surface area contributed by atoms with E-state index in [0.29, 0.717) is 16.9 Å². The smallest absolute Gasteiger partial charge is 0.354 e. The fourth-order valence-electron chi connectivity index (χ4n) is 3.71.